The molecule has 0 N–H and O–H groups in total. The molecule has 0 saturated carbocycles. The molecule has 1 amide bonds. The van der Waals surface area contributed by atoms with Gasteiger partial charge in [-0.05, 0) is 27.7 Å². The molecule has 1 saturated heterocycles. The van der Waals surface area contributed by atoms with E-state index in [0.717, 1.165) is 19.6 Å². The van der Waals surface area contributed by atoms with Crippen LogP contribution in [0.2, 0.25) is 0 Å². The molecule has 1 heterocycles. The van der Waals surface area contributed by atoms with E-state index >= 15 is 0 Å². The smallest absolute Gasteiger partial charge is 0.219 e. The highest BCUT2D eigenvalue weighted by Gasteiger charge is 2.31. The molecule has 1 fully saturated rings. The van der Waals surface area contributed by atoms with Crippen molar-refractivity contribution in [3.05, 3.63) is 0 Å². The number of rotatable bonds is 0. The lowest BCUT2D eigenvalue weighted by Crippen LogP contribution is -2.58. The minimum Gasteiger partial charge on any atom is -0.340 e. The van der Waals surface area contributed by atoms with Crippen LogP contribution >= 0.6 is 0 Å². The largest absolute Gasteiger partial charge is 0.340 e. The Morgan fingerprint density at radius 1 is 1.29 bits per heavy atom. The Hall–Kier alpha value is -0.570. The van der Waals surface area contributed by atoms with Crippen molar-refractivity contribution in [2.45, 2.75) is 46.2 Å². The minimum atomic E-state index is 0.199. The fraction of sp³-hybridized carbons (Fsp3) is 0.909. The van der Waals surface area contributed by atoms with Crippen molar-refractivity contribution in [1.82, 2.24) is 9.80 Å². The van der Waals surface area contributed by atoms with E-state index in [1.54, 1.807) is 6.92 Å². The quantitative estimate of drug-likeness (QED) is 0.586. The second kappa shape index (κ2) is 3.89. The summed E-state index contributed by atoms with van der Waals surface area (Å²) in [6.07, 6.45) is 0. The summed E-state index contributed by atoms with van der Waals surface area (Å²) in [6, 6.07) is 0.465. The van der Waals surface area contributed by atoms with Gasteiger partial charge in [0.15, 0.2) is 0 Å². The minimum absolute atomic E-state index is 0.199. The van der Waals surface area contributed by atoms with Crippen LogP contribution < -0.4 is 0 Å². The molecular weight excluding hydrogens is 176 g/mol. The van der Waals surface area contributed by atoms with Crippen molar-refractivity contribution < 1.29 is 4.79 Å². The molecule has 0 bridgehead atoms. The Kier molecular flexibility index (Phi) is 3.20. The second-order valence-corrected chi connectivity index (χ2v) is 5.18. The van der Waals surface area contributed by atoms with Crippen LogP contribution in [0.15, 0.2) is 0 Å². The van der Waals surface area contributed by atoms with Crippen LogP contribution in [0.4, 0.5) is 0 Å². The Morgan fingerprint density at radius 3 is 2.21 bits per heavy atom. The van der Waals surface area contributed by atoms with Crippen LogP contribution in [0.5, 0.6) is 0 Å². The first kappa shape index (κ1) is 11.5. The standard InChI is InChI=1S/C11H22N2O/c1-9-8-12(10(2)14)6-7-13(9)11(3,4)5/h9H,6-8H2,1-5H3. The Bertz CT molecular complexity index is 220. The molecule has 3 heteroatoms. The fourth-order valence-electron chi connectivity index (χ4n) is 2.24. The summed E-state index contributed by atoms with van der Waals surface area (Å²) < 4.78 is 0. The lowest BCUT2D eigenvalue weighted by atomic mass is 10.0. The third kappa shape index (κ3) is 2.47. The van der Waals surface area contributed by atoms with Crippen LogP contribution in [-0.2, 0) is 4.79 Å². The van der Waals surface area contributed by atoms with Crippen LogP contribution in [0.25, 0.3) is 0 Å². The van der Waals surface area contributed by atoms with Crippen LogP contribution in [0, 0.1) is 0 Å². The van der Waals surface area contributed by atoms with Crippen molar-refractivity contribution in [3.8, 4) is 0 Å². The van der Waals surface area contributed by atoms with Crippen LogP contribution in [-0.4, -0.2) is 46.9 Å². The van der Waals surface area contributed by atoms with Gasteiger partial charge in [0.2, 0.25) is 5.91 Å². The lowest BCUT2D eigenvalue weighted by molar-refractivity contribution is -0.132. The summed E-state index contributed by atoms with van der Waals surface area (Å²) >= 11 is 0. The molecule has 1 aliphatic heterocycles. The highest BCUT2D eigenvalue weighted by molar-refractivity contribution is 5.73. The van der Waals surface area contributed by atoms with E-state index < -0.39 is 0 Å². The topological polar surface area (TPSA) is 23.6 Å². The van der Waals surface area contributed by atoms with E-state index in [4.69, 9.17) is 0 Å². The van der Waals surface area contributed by atoms with E-state index in [1.165, 1.54) is 0 Å². The molecule has 14 heavy (non-hydrogen) atoms. The summed E-state index contributed by atoms with van der Waals surface area (Å²) in [5, 5.41) is 0. The monoisotopic (exact) mass is 198 g/mol. The van der Waals surface area contributed by atoms with Gasteiger partial charge in [-0.2, -0.15) is 0 Å². The van der Waals surface area contributed by atoms with Crippen molar-refractivity contribution in [1.29, 1.82) is 0 Å². The van der Waals surface area contributed by atoms with Gasteiger partial charge in [0.1, 0.15) is 0 Å². The van der Waals surface area contributed by atoms with Gasteiger partial charge in [0.05, 0.1) is 0 Å². The summed E-state index contributed by atoms with van der Waals surface area (Å²) in [7, 11) is 0. The van der Waals surface area contributed by atoms with Gasteiger partial charge in [0.25, 0.3) is 0 Å². The van der Waals surface area contributed by atoms with E-state index in [-0.39, 0.29) is 11.4 Å². The molecular formula is C11H22N2O. The predicted octanol–water partition coefficient (Wildman–Crippen LogP) is 1.34. The molecule has 82 valence electrons. The maximum atomic E-state index is 11.2. The molecule has 0 aliphatic carbocycles. The van der Waals surface area contributed by atoms with E-state index in [9.17, 15) is 4.79 Å². The Balaban J connectivity index is 2.61. The molecule has 0 aromatic carbocycles. The van der Waals surface area contributed by atoms with Gasteiger partial charge in [-0.15, -0.1) is 0 Å². The predicted molar refractivity (Wildman–Crippen MR) is 58.2 cm³/mol. The molecule has 1 rings (SSSR count). The summed E-state index contributed by atoms with van der Waals surface area (Å²) in [5.74, 6) is 0.199. The zero-order valence-corrected chi connectivity index (χ0v) is 10.0. The molecule has 1 aliphatic rings. The maximum Gasteiger partial charge on any atom is 0.219 e. The molecule has 0 aromatic heterocycles. The maximum absolute atomic E-state index is 11.2. The van der Waals surface area contributed by atoms with Gasteiger partial charge in [-0.1, -0.05) is 0 Å². The molecule has 0 aromatic rings. The number of amides is 1. The van der Waals surface area contributed by atoms with Gasteiger partial charge in [-0.3, -0.25) is 9.69 Å². The van der Waals surface area contributed by atoms with Crippen molar-refractivity contribution in [2.24, 2.45) is 0 Å². The average molecular weight is 198 g/mol. The fourth-order valence-corrected chi connectivity index (χ4v) is 2.24. The highest BCUT2D eigenvalue weighted by Crippen LogP contribution is 2.20. The second-order valence-electron chi connectivity index (χ2n) is 5.18. The summed E-state index contributed by atoms with van der Waals surface area (Å²) in [6.45, 7) is 13.3. The first-order valence-electron chi connectivity index (χ1n) is 5.34. The van der Waals surface area contributed by atoms with Gasteiger partial charge < -0.3 is 4.90 Å². The molecule has 0 radical (unpaired) electrons. The summed E-state index contributed by atoms with van der Waals surface area (Å²) in [5.41, 5.74) is 0.211. The highest BCUT2D eigenvalue weighted by atomic mass is 16.2. The third-order valence-corrected chi connectivity index (χ3v) is 2.93. The average Bonchev–Trinajstić information content (AvgIpc) is 2.01. The Morgan fingerprint density at radius 2 is 1.86 bits per heavy atom. The lowest BCUT2D eigenvalue weighted by Gasteiger charge is -2.46. The zero-order chi connectivity index (χ0) is 10.9. The number of nitrogens with zero attached hydrogens (tertiary/aromatic N) is 2. The van der Waals surface area contributed by atoms with Gasteiger partial charge in [0, 0.05) is 38.1 Å². The number of hydrogen-bond donors (Lipinski definition) is 0. The summed E-state index contributed by atoms with van der Waals surface area (Å²) in [4.78, 5) is 15.6. The number of piperazine rings is 1. The van der Waals surface area contributed by atoms with Crippen LogP contribution in [0.1, 0.15) is 34.6 Å². The Labute approximate surface area is 87.1 Å². The van der Waals surface area contributed by atoms with Crippen molar-refractivity contribution in [3.63, 3.8) is 0 Å². The third-order valence-electron chi connectivity index (χ3n) is 2.93. The SMILES string of the molecule is CC(=O)N1CCN(C(C)(C)C)C(C)C1. The van der Waals surface area contributed by atoms with Gasteiger partial charge in [-0.25, -0.2) is 0 Å². The van der Waals surface area contributed by atoms with Crippen LogP contribution in [0.3, 0.4) is 0 Å². The van der Waals surface area contributed by atoms with Crippen molar-refractivity contribution in [2.75, 3.05) is 19.6 Å². The molecule has 1 unspecified atom stereocenters. The van der Waals surface area contributed by atoms with E-state index in [0.29, 0.717) is 6.04 Å². The molecule has 3 nitrogen and oxygen atoms in total. The number of carbonyl (C=O) groups is 1. The molecule has 0 spiro atoms. The number of carbonyl (C=O) groups excluding carboxylic acids is 1. The van der Waals surface area contributed by atoms with E-state index in [2.05, 4.69) is 32.6 Å². The first-order chi connectivity index (χ1) is 6.32. The molecule has 1 atom stereocenters. The van der Waals surface area contributed by atoms with Crippen molar-refractivity contribution >= 4 is 5.91 Å². The normalized spacial score (nSPS) is 25.2. The zero-order valence-electron chi connectivity index (χ0n) is 10.0. The number of hydrogen-bond acceptors (Lipinski definition) is 2. The van der Waals surface area contributed by atoms with Gasteiger partial charge >= 0.3 is 0 Å². The first-order valence-corrected chi connectivity index (χ1v) is 5.34. The van der Waals surface area contributed by atoms with E-state index in [1.807, 2.05) is 4.90 Å².